The fourth-order valence-corrected chi connectivity index (χ4v) is 2.83. The van der Waals surface area contributed by atoms with Crippen molar-refractivity contribution in [2.45, 2.75) is 32.5 Å². The Balaban J connectivity index is 2.66. The first-order valence-corrected chi connectivity index (χ1v) is 8.40. The van der Waals surface area contributed by atoms with Gasteiger partial charge in [-0.15, -0.1) is 10.2 Å². The van der Waals surface area contributed by atoms with E-state index in [1.165, 1.54) is 4.57 Å². The quantitative estimate of drug-likeness (QED) is 0.809. The second-order valence-electron chi connectivity index (χ2n) is 4.94. The summed E-state index contributed by atoms with van der Waals surface area (Å²) in [5.74, 6) is 0.710. The number of hydrogen-bond donors (Lipinski definition) is 0. The molecule has 108 valence electrons. The van der Waals surface area contributed by atoms with Crippen LogP contribution in [0.15, 0.2) is 23.6 Å². The Bertz CT molecular complexity index is 725. The third-order valence-electron chi connectivity index (χ3n) is 2.74. The van der Waals surface area contributed by atoms with E-state index in [9.17, 15) is 8.42 Å². The predicted molar refractivity (Wildman–Crippen MR) is 75.9 cm³/mol. The van der Waals surface area contributed by atoms with Crippen molar-refractivity contribution in [1.29, 1.82) is 0 Å². The van der Waals surface area contributed by atoms with Gasteiger partial charge in [0.2, 0.25) is 0 Å². The summed E-state index contributed by atoms with van der Waals surface area (Å²) in [6.07, 6.45) is 3.32. The van der Waals surface area contributed by atoms with E-state index in [2.05, 4.69) is 15.2 Å². The highest BCUT2D eigenvalue weighted by atomic mass is 35.7. The average molecular weight is 315 g/mol. The Kier molecular flexibility index (Phi) is 4.10. The lowest BCUT2D eigenvalue weighted by Crippen LogP contribution is -2.12. The Morgan fingerprint density at radius 3 is 2.60 bits per heavy atom. The lowest BCUT2D eigenvalue weighted by Gasteiger charge is -2.12. The van der Waals surface area contributed by atoms with Gasteiger partial charge in [-0.25, -0.2) is 8.42 Å². The fourth-order valence-electron chi connectivity index (χ4n) is 1.92. The minimum atomic E-state index is -3.93. The highest BCUT2D eigenvalue weighted by Gasteiger charge is 2.24. The van der Waals surface area contributed by atoms with Crippen molar-refractivity contribution in [3.8, 4) is 11.4 Å². The molecule has 8 heteroatoms. The largest absolute Gasteiger partial charge is 0.297 e. The third-order valence-corrected chi connectivity index (χ3v) is 3.90. The van der Waals surface area contributed by atoms with Gasteiger partial charge in [-0.1, -0.05) is 13.8 Å². The van der Waals surface area contributed by atoms with Crippen molar-refractivity contribution < 1.29 is 8.42 Å². The van der Waals surface area contributed by atoms with Gasteiger partial charge in [0.15, 0.2) is 5.82 Å². The van der Waals surface area contributed by atoms with E-state index in [1.54, 1.807) is 18.5 Å². The molecule has 2 aromatic heterocycles. The summed E-state index contributed by atoms with van der Waals surface area (Å²) < 4.78 is 24.7. The lowest BCUT2D eigenvalue weighted by atomic mass is 10.1. The van der Waals surface area contributed by atoms with Crippen LogP contribution in [0.4, 0.5) is 0 Å². The molecule has 0 aliphatic heterocycles. The van der Waals surface area contributed by atoms with Crippen LogP contribution in [0, 0.1) is 12.8 Å². The molecule has 0 N–H and O–H groups in total. The standard InChI is InChI=1S/C12H15ClN4O2S/c1-8(2)7-17-11(10-4-5-14-6-9(10)3)15-16-12(17)20(13,18)19/h4-6,8H,7H2,1-3H3. The summed E-state index contributed by atoms with van der Waals surface area (Å²) in [5, 5.41) is 7.50. The Morgan fingerprint density at radius 1 is 1.35 bits per heavy atom. The van der Waals surface area contributed by atoms with Crippen LogP contribution >= 0.6 is 10.7 Å². The third kappa shape index (κ3) is 2.99. The molecule has 0 spiro atoms. The topological polar surface area (TPSA) is 77.7 Å². The first-order valence-electron chi connectivity index (χ1n) is 6.09. The van der Waals surface area contributed by atoms with Gasteiger partial charge in [0.25, 0.3) is 14.2 Å². The first kappa shape index (κ1) is 14.9. The van der Waals surface area contributed by atoms with Crippen LogP contribution in [0.1, 0.15) is 19.4 Å². The summed E-state index contributed by atoms with van der Waals surface area (Å²) in [5.41, 5.74) is 1.68. The molecule has 0 amide bonds. The van der Waals surface area contributed by atoms with Gasteiger partial charge in [-0.2, -0.15) is 0 Å². The summed E-state index contributed by atoms with van der Waals surface area (Å²) in [6, 6.07) is 1.78. The average Bonchev–Trinajstić information content (AvgIpc) is 2.72. The number of halogens is 1. The molecular formula is C12H15ClN4O2S. The van der Waals surface area contributed by atoms with Crippen LogP contribution in [-0.4, -0.2) is 28.2 Å². The van der Waals surface area contributed by atoms with Gasteiger partial charge in [-0.05, 0) is 24.5 Å². The van der Waals surface area contributed by atoms with E-state index >= 15 is 0 Å². The first-order chi connectivity index (χ1) is 9.30. The molecule has 6 nitrogen and oxygen atoms in total. The number of aryl methyl sites for hydroxylation is 1. The molecule has 2 rings (SSSR count). The van der Waals surface area contributed by atoms with E-state index in [0.29, 0.717) is 12.4 Å². The van der Waals surface area contributed by atoms with E-state index in [0.717, 1.165) is 11.1 Å². The van der Waals surface area contributed by atoms with Crippen molar-refractivity contribution in [2.24, 2.45) is 5.92 Å². The molecule has 2 heterocycles. The smallest absolute Gasteiger partial charge is 0.296 e. The van der Waals surface area contributed by atoms with E-state index in [4.69, 9.17) is 10.7 Å². The number of nitrogens with zero attached hydrogens (tertiary/aromatic N) is 4. The zero-order chi connectivity index (χ0) is 14.9. The molecule has 0 unspecified atom stereocenters. The predicted octanol–water partition coefficient (Wildman–Crippen LogP) is 2.23. The number of hydrogen-bond acceptors (Lipinski definition) is 5. The summed E-state index contributed by atoms with van der Waals surface area (Å²) >= 11 is 0. The van der Waals surface area contributed by atoms with Crippen molar-refractivity contribution in [3.63, 3.8) is 0 Å². The highest BCUT2D eigenvalue weighted by molar-refractivity contribution is 8.13. The molecule has 0 aliphatic carbocycles. The molecule has 0 saturated carbocycles. The highest BCUT2D eigenvalue weighted by Crippen LogP contribution is 2.25. The molecule has 0 radical (unpaired) electrons. The summed E-state index contributed by atoms with van der Waals surface area (Å²) in [4.78, 5) is 4.01. The van der Waals surface area contributed by atoms with Crippen molar-refractivity contribution in [3.05, 3.63) is 24.0 Å². The molecule has 0 atom stereocenters. The second-order valence-corrected chi connectivity index (χ2v) is 7.40. The molecule has 2 aromatic rings. The van der Waals surface area contributed by atoms with Gasteiger partial charge < -0.3 is 0 Å². The molecule has 0 fully saturated rings. The minimum absolute atomic E-state index is 0.223. The Labute approximate surface area is 122 Å². The monoisotopic (exact) mass is 314 g/mol. The second kappa shape index (κ2) is 5.49. The number of rotatable bonds is 4. The van der Waals surface area contributed by atoms with E-state index in [1.807, 2.05) is 20.8 Å². The van der Waals surface area contributed by atoms with Crippen molar-refractivity contribution in [1.82, 2.24) is 19.7 Å². The zero-order valence-corrected chi connectivity index (χ0v) is 13.0. The van der Waals surface area contributed by atoms with Gasteiger partial charge in [0.05, 0.1) is 0 Å². The van der Waals surface area contributed by atoms with Crippen LogP contribution in [0.2, 0.25) is 0 Å². The van der Waals surface area contributed by atoms with Crippen LogP contribution in [-0.2, 0) is 15.6 Å². The Morgan fingerprint density at radius 2 is 2.05 bits per heavy atom. The van der Waals surface area contributed by atoms with E-state index < -0.39 is 9.05 Å². The minimum Gasteiger partial charge on any atom is -0.297 e. The van der Waals surface area contributed by atoms with Crippen LogP contribution in [0.3, 0.4) is 0 Å². The number of pyridine rings is 1. The van der Waals surface area contributed by atoms with Crippen molar-refractivity contribution in [2.75, 3.05) is 0 Å². The van der Waals surface area contributed by atoms with Gasteiger partial charge in [0.1, 0.15) is 0 Å². The maximum Gasteiger partial charge on any atom is 0.296 e. The zero-order valence-electron chi connectivity index (χ0n) is 11.4. The van der Waals surface area contributed by atoms with E-state index in [-0.39, 0.29) is 11.1 Å². The van der Waals surface area contributed by atoms with Gasteiger partial charge >= 0.3 is 0 Å². The van der Waals surface area contributed by atoms with Crippen LogP contribution in [0.5, 0.6) is 0 Å². The number of aromatic nitrogens is 4. The molecule has 0 aliphatic rings. The SMILES string of the molecule is Cc1cnccc1-c1nnc(S(=O)(=O)Cl)n1CC(C)C. The lowest BCUT2D eigenvalue weighted by molar-refractivity contribution is 0.488. The molecule has 0 aromatic carbocycles. The van der Waals surface area contributed by atoms with Crippen LogP contribution in [0.25, 0.3) is 11.4 Å². The van der Waals surface area contributed by atoms with Crippen LogP contribution < -0.4 is 0 Å². The summed E-state index contributed by atoms with van der Waals surface area (Å²) in [7, 11) is 1.49. The molecule has 0 bridgehead atoms. The maximum absolute atomic E-state index is 11.6. The Hall–Kier alpha value is -1.47. The molecular weight excluding hydrogens is 300 g/mol. The normalized spacial score (nSPS) is 12.1. The van der Waals surface area contributed by atoms with Gasteiger partial charge in [0, 0.05) is 35.2 Å². The maximum atomic E-state index is 11.6. The summed E-state index contributed by atoms with van der Waals surface area (Å²) in [6.45, 7) is 6.30. The van der Waals surface area contributed by atoms with Gasteiger partial charge in [-0.3, -0.25) is 9.55 Å². The molecule has 20 heavy (non-hydrogen) atoms. The molecule has 0 saturated heterocycles. The van der Waals surface area contributed by atoms with Crippen molar-refractivity contribution >= 4 is 19.7 Å². The fraction of sp³-hybridized carbons (Fsp3) is 0.417.